The molecule has 0 saturated heterocycles. The van der Waals surface area contributed by atoms with Gasteiger partial charge in [0.2, 0.25) is 5.03 Å². The molecule has 104 valence electrons. The first-order chi connectivity index (χ1) is 8.03. The van der Waals surface area contributed by atoms with Gasteiger partial charge in [-0.2, -0.15) is 0 Å². The zero-order valence-corrected chi connectivity index (χ0v) is 12.5. The lowest BCUT2D eigenvalue weighted by atomic mass is 10.4. The molecule has 7 nitrogen and oxygen atoms in total. The fourth-order valence-corrected chi connectivity index (χ4v) is 4.15. The van der Waals surface area contributed by atoms with Crippen LogP contribution in [0.4, 0.5) is 0 Å². The Morgan fingerprint density at radius 3 is 2.39 bits per heavy atom. The Balaban J connectivity index is 2.93. The molecule has 0 saturated carbocycles. The van der Waals surface area contributed by atoms with Crippen LogP contribution in [0.1, 0.15) is 6.92 Å². The summed E-state index contributed by atoms with van der Waals surface area (Å²) in [7, 11) is -5.64. The molecule has 1 heterocycles. The third kappa shape index (κ3) is 3.94. The number of aromatic nitrogens is 2. The minimum atomic E-state index is -3.92. The van der Waals surface area contributed by atoms with Crippen molar-refractivity contribution < 1.29 is 16.8 Å². The van der Waals surface area contributed by atoms with Gasteiger partial charge in [0, 0.05) is 19.3 Å². The van der Waals surface area contributed by atoms with Crippen molar-refractivity contribution in [1.82, 2.24) is 14.3 Å². The minimum Gasteiger partial charge on any atom is -0.324 e. The van der Waals surface area contributed by atoms with Gasteiger partial charge in [0.15, 0.2) is 0 Å². The Morgan fingerprint density at radius 2 is 2.00 bits per heavy atom. The fourth-order valence-electron chi connectivity index (χ4n) is 1.38. The van der Waals surface area contributed by atoms with Gasteiger partial charge in [0.1, 0.15) is 15.0 Å². The van der Waals surface area contributed by atoms with Gasteiger partial charge in [-0.25, -0.2) is 26.5 Å². The Bertz CT molecular complexity index is 635. The van der Waals surface area contributed by atoms with E-state index in [2.05, 4.69) is 9.71 Å². The van der Waals surface area contributed by atoms with E-state index in [0.29, 0.717) is 0 Å². The summed E-state index contributed by atoms with van der Waals surface area (Å²) in [6, 6.07) is -0.761. The number of nitrogens with zero attached hydrogens (tertiary/aromatic N) is 2. The number of halogens is 1. The predicted molar refractivity (Wildman–Crippen MR) is 67.7 cm³/mol. The second-order valence-corrected chi connectivity index (χ2v) is 8.24. The molecule has 0 fully saturated rings. The largest absolute Gasteiger partial charge is 0.324 e. The number of hydrogen-bond donors (Lipinski definition) is 1. The van der Waals surface area contributed by atoms with Crippen molar-refractivity contribution in [3.63, 3.8) is 0 Å². The molecule has 0 aromatic carbocycles. The van der Waals surface area contributed by atoms with Crippen molar-refractivity contribution in [3.8, 4) is 0 Å². The van der Waals surface area contributed by atoms with E-state index < -0.39 is 25.9 Å². The van der Waals surface area contributed by atoms with Crippen LogP contribution in [0.25, 0.3) is 0 Å². The van der Waals surface area contributed by atoms with Crippen LogP contribution in [0.3, 0.4) is 0 Å². The maximum absolute atomic E-state index is 11.9. The number of aryl methyl sites for hydroxylation is 1. The van der Waals surface area contributed by atoms with Gasteiger partial charge < -0.3 is 4.57 Å². The first-order valence-corrected chi connectivity index (χ1v) is 8.82. The van der Waals surface area contributed by atoms with Crippen LogP contribution in [-0.2, 0) is 26.9 Å². The summed E-state index contributed by atoms with van der Waals surface area (Å²) in [6.45, 7) is 1.45. The lowest BCUT2D eigenvalue weighted by Crippen LogP contribution is -2.37. The molecule has 1 aromatic rings. The van der Waals surface area contributed by atoms with Crippen molar-refractivity contribution >= 4 is 31.5 Å². The molecular weight excluding hydrogens is 302 g/mol. The third-order valence-electron chi connectivity index (χ3n) is 2.00. The number of imidazole rings is 1. The molecule has 10 heteroatoms. The maximum atomic E-state index is 11.9. The second kappa shape index (κ2) is 5.16. The van der Waals surface area contributed by atoms with Crippen LogP contribution in [0.5, 0.6) is 0 Å². The number of sulfone groups is 1. The minimum absolute atomic E-state index is 0.0333. The first kappa shape index (κ1) is 15.4. The van der Waals surface area contributed by atoms with Crippen molar-refractivity contribution in [2.24, 2.45) is 7.05 Å². The number of nitrogens with one attached hydrogen (secondary N) is 1. The topological polar surface area (TPSA) is 98.1 Å². The van der Waals surface area contributed by atoms with E-state index in [-0.39, 0.29) is 15.9 Å². The van der Waals surface area contributed by atoms with Gasteiger partial charge in [-0.15, -0.1) is 0 Å². The van der Waals surface area contributed by atoms with Crippen LogP contribution in [-0.4, -0.2) is 44.4 Å². The van der Waals surface area contributed by atoms with E-state index in [9.17, 15) is 16.8 Å². The molecule has 1 atom stereocenters. The van der Waals surface area contributed by atoms with Gasteiger partial charge in [-0.05, 0) is 6.92 Å². The molecule has 0 aliphatic carbocycles. The standard InChI is InChI=1S/C8H14ClN3O4S2/c1-6(4-17(3,13)14)11-18(15,16)8-7(9)12(2)5-10-8/h5-6,11H,4H2,1-3H3. The molecule has 0 aliphatic heterocycles. The monoisotopic (exact) mass is 315 g/mol. The van der Waals surface area contributed by atoms with Crippen molar-refractivity contribution in [2.75, 3.05) is 12.0 Å². The lowest BCUT2D eigenvalue weighted by molar-refractivity contribution is 0.562. The smallest absolute Gasteiger partial charge is 0.261 e. The molecule has 0 spiro atoms. The lowest BCUT2D eigenvalue weighted by Gasteiger charge is -2.12. The van der Waals surface area contributed by atoms with E-state index in [0.717, 1.165) is 6.26 Å². The van der Waals surface area contributed by atoms with Crippen LogP contribution in [0.15, 0.2) is 11.4 Å². The predicted octanol–water partition coefficient (Wildman–Crippen LogP) is -0.215. The average molecular weight is 316 g/mol. The molecule has 1 unspecified atom stereocenters. The number of hydrogen-bond acceptors (Lipinski definition) is 5. The second-order valence-electron chi connectivity index (χ2n) is 4.07. The van der Waals surface area contributed by atoms with E-state index in [1.165, 1.54) is 17.8 Å². The van der Waals surface area contributed by atoms with Crippen LogP contribution in [0, 0.1) is 0 Å². The summed E-state index contributed by atoms with van der Waals surface area (Å²) < 4.78 is 49.5. The molecule has 1 rings (SSSR count). The highest BCUT2D eigenvalue weighted by atomic mass is 35.5. The van der Waals surface area contributed by atoms with E-state index >= 15 is 0 Å². The fraction of sp³-hybridized carbons (Fsp3) is 0.625. The molecule has 0 radical (unpaired) electrons. The van der Waals surface area contributed by atoms with Crippen LogP contribution < -0.4 is 4.72 Å². The zero-order valence-electron chi connectivity index (χ0n) is 10.1. The molecule has 1 aromatic heterocycles. The summed E-state index contributed by atoms with van der Waals surface area (Å²) in [5, 5.41) is -0.346. The Hall–Kier alpha value is -0.640. The summed E-state index contributed by atoms with van der Waals surface area (Å²) in [4.78, 5) is 3.67. The SMILES string of the molecule is CC(CS(C)(=O)=O)NS(=O)(=O)c1ncn(C)c1Cl. The molecule has 1 N–H and O–H groups in total. The molecule has 18 heavy (non-hydrogen) atoms. The van der Waals surface area contributed by atoms with Crippen molar-refractivity contribution in [3.05, 3.63) is 11.5 Å². The highest BCUT2D eigenvalue weighted by molar-refractivity contribution is 7.91. The number of rotatable bonds is 5. The molecule has 0 bridgehead atoms. The summed E-state index contributed by atoms with van der Waals surface area (Å²) in [5.74, 6) is -0.295. The average Bonchev–Trinajstić information content (AvgIpc) is 2.43. The van der Waals surface area contributed by atoms with E-state index in [1.807, 2.05) is 0 Å². The highest BCUT2D eigenvalue weighted by Crippen LogP contribution is 2.18. The number of sulfonamides is 1. The Morgan fingerprint density at radius 1 is 1.44 bits per heavy atom. The normalized spacial score (nSPS) is 14.7. The van der Waals surface area contributed by atoms with Crippen molar-refractivity contribution in [1.29, 1.82) is 0 Å². The third-order valence-corrected chi connectivity index (χ3v) is 5.18. The first-order valence-electron chi connectivity index (χ1n) is 4.90. The summed E-state index contributed by atoms with van der Waals surface area (Å²) in [5.41, 5.74) is 0. The zero-order chi connectivity index (χ0) is 14.1. The van der Waals surface area contributed by atoms with Gasteiger partial charge >= 0.3 is 0 Å². The maximum Gasteiger partial charge on any atom is 0.261 e. The van der Waals surface area contributed by atoms with Gasteiger partial charge in [0.05, 0.1) is 12.1 Å². The summed E-state index contributed by atoms with van der Waals surface area (Å²) in [6.07, 6.45) is 2.30. The van der Waals surface area contributed by atoms with Crippen LogP contribution >= 0.6 is 11.6 Å². The van der Waals surface area contributed by atoms with Crippen molar-refractivity contribution in [2.45, 2.75) is 18.0 Å². The van der Waals surface area contributed by atoms with Gasteiger partial charge in [0.25, 0.3) is 10.0 Å². The molecule has 0 aliphatic rings. The Labute approximate surface area is 111 Å². The van der Waals surface area contributed by atoms with E-state index in [4.69, 9.17) is 11.6 Å². The quantitative estimate of drug-likeness (QED) is 0.810. The van der Waals surface area contributed by atoms with Gasteiger partial charge in [-0.1, -0.05) is 11.6 Å². The van der Waals surface area contributed by atoms with Gasteiger partial charge in [-0.3, -0.25) is 0 Å². The van der Waals surface area contributed by atoms with Crippen LogP contribution in [0.2, 0.25) is 5.15 Å². The van der Waals surface area contributed by atoms with E-state index in [1.54, 1.807) is 7.05 Å². The summed E-state index contributed by atoms with van der Waals surface area (Å²) >= 11 is 5.77. The Kier molecular flexibility index (Phi) is 4.42. The molecular formula is C8H14ClN3O4S2. The highest BCUT2D eigenvalue weighted by Gasteiger charge is 2.25. The molecule has 0 amide bonds.